The summed E-state index contributed by atoms with van der Waals surface area (Å²) in [6, 6.07) is 0. The van der Waals surface area contributed by atoms with Crippen molar-refractivity contribution in [2.45, 2.75) is 39.5 Å². The average Bonchev–Trinajstić information content (AvgIpc) is 2.34. The first-order valence-electron chi connectivity index (χ1n) is 6.61. The fourth-order valence-electron chi connectivity index (χ4n) is 2.33. The summed E-state index contributed by atoms with van der Waals surface area (Å²) in [5.74, 6) is 1.25. The number of nitrogens with one attached hydrogen (secondary N) is 1. The monoisotopic (exact) mass is 249 g/mol. The first-order chi connectivity index (χ1) is 8.49. The highest BCUT2D eigenvalue weighted by Gasteiger charge is 2.23. The predicted octanol–water partition coefficient (Wildman–Crippen LogP) is 2.63. The van der Waals surface area contributed by atoms with Crippen molar-refractivity contribution >= 4 is 11.6 Å². The van der Waals surface area contributed by atoms with Crippen LogP contribution in [0.2, 0.25) is 0 Å². The highest BCUT2D eigenvalue weighted by atomic mass is 16.1. The van der Waals surface area contributed by atoms with Gasteiger partial charge >= 0.3 is 0 Å². The lowest BCUT2D eigenvalue weighted by Gasteiger charge is -2.27. The van der Waals surface area contributed by atoms with Gasteiger partial charge < -0.3 is 5.32 Å². The Balaban J connectivity index is 2.23. The van der Waals surface area contributed by atoms with Gasteiger partial charge in [0, 0.05) is 18.2 Å². The molecule has 0 radical (unpaired) electrons. The molecule has 1 rings (SSSR count). The maximum atomic E-state index is 11.2. The quantitative estimate of drug-likeness (QED) is 0.581. The van der Waals surface area contributed by atoms with E-state index in [0.717, 1.165) is 37.9 Å². The lowest BCUT2D eigenvalue weighted by Crippen LogP contribution is -2.27. The fourth-order valence-corrected chi connectivity index (χ4v) is 2.33. The van der Waals surface area contributed by atoms with Crippen LogP contribution in [-0.4, -0.2) is 18.1 Å². The Kier molecular flexibility index (Phi) is 5.83. The van der Waals surface area contributed by atoms with Crippen LogP contribution in [0.15, 0.2) is 24.4 Å². The molecule has 3 heteroatoms. The van der Waals surface area contributed by atoms with E-state index in [1.807, 2.05) is 0 Å². The summed E-state index contributed by atoms with van der Waals surface area (Å²) >= 11 is 0. The molecule has 1 aliphatic carbocycles. The van der Waals surface area contributed by atoms with Crippen molar-refractivity contribution in [1.82, 2.24) is 5.32 Å². The Morgan fingerprint density at radius 3 is 2.28 bits per heavy atom. The number of hydrogen-bond acceptors (Lipinski definition) is 3. The van der Waals surface area contributed by atoms with Crippen LogP contribution in [-0.2, 0) is 9.59 Å². The van der Waals surface area contributed by atoms with Gasteiger partial charge in [0.15, 0.2) is 5.78 Å². The van der Waals surface area contributed by atoms with Gasteiger partial charge in [-0.1, -0.05) is 6.58 Å². The molecular formula is C15H23NO2. The normalized spacial score (nSPS) is 23.9. The summed E-state index contributed by atoms with van der Waals surface area (Å²) in [7, 11) is 0. The van der Waals surface area contributed by atoms with Crippen molar-refractivity contribution in [3.05, 3.63) is 24.4 Å². The van der Waals surface area contributed by atoms with Gasteiger partial charge in [-0.05, 0) is 57.6 Å². The van der Waals surface area contributed by atoms with Crippen LogP contribution in [0, 0.1) is 11.8 Å². The van der Waals surface area contributed by atoms with E-state index in [4.69, 9.17) is 0 Å². The Morgan fingerprint density at radius 2 is 1.78 bits per heavy atom. The molecule has 0 spiro atoms. The molecule has 0 unspecified atom stereocenters. The molecule has 0 saturated heterocycles. The molecule has 1 N–H and O–H groups in total. The lowest BCUT2D eigenvalue weighted by atomic mass is 9.80. The zero-order chi connectivity index (χ0) is 13.5. The SMILES string of the molecule is C=C(/C=C\C(C)=O)NCC1CCC(C(C)=O)CC1. The molecule has 0 atom stereocenters. The molecule has 0 aliphatic heterocycles. The largest absolute Gasteiger partial charge is 0.385 e. The van der Waals surface area contributed by atoms with Crippen LogP contribution in [0.1, 0.15) is 39.5 Å². The van der Waals surface area contributed by atoms with Crippen LogP contribution in [0.5, 0.6) is 0 Å². The predicted molar refractivity (Wildman–Crippen MR) is 73.1 cm³/mol. The summed E-state index contributed by atoms with van der Waals surface area (Å²) < 4.78 is 0. The van der Waals surface area contributed by atoms with E-state index < -0.39 is 0 Å². The highest BCUT2D eigenvalue weighted by Crippen LogP contribution is 2.28. The molecule has 0 aromatic rings. The van der Waals surface area contributed by atoms with Crippen molar-refractivity contribution in [2.24, 2.45) is 11.8 Å². The van der Waals surface area contributed by atoms with Crippen molar-refractivity contribution in [1.29, 1.82) is 0 Å². The molecule has 0 aromatic heterocycles. The van der Waals surface area contributed by atoms with E-state index in [0.29, 0.717) is 11.7 Å². The van der Waals surface area contributed by atoms with Crippen LogP contribution >= 0.6 is 0 Å². The Morgan fingerprint density at radius 1 is 1.17 bits per heavy atom. The number of ketones is 2. The third-order valence-corrected chi connectivity index (χ3v) is 3.56. The maximum absolute atomic E-state index is 11.2. The third kappa shape index (κ3) is 5.30. The number of rotatable bonds is 6. The van der Waals surface area contributed by atoms with Gasteiger partial charge in [0.05, 0.1) is 0 Å². The third-order valence-electron chi connectivity index (χ3n) is 3.56. The van der Waals surface area contributed by atoms with Crippen molar-refractivity contribution in [2.75, 3.05) is 6.54 Å². The summed E-state index contributed by atoms with van der Waals surface area (Å²) in [5, 5.41) is 3.23. The van der Waals surface area contributed by atoms with Gasteiger partial charge in [-0.15, -0.1) is 0 Å². The molecule has 18 heavy (non-hydrogen) atoms. The summed E-state index contributed by atoms with van der Waals surface area (Å²) in [6.07, 6.45) is 7.45. The van der Waals surface area contributed by atoms with Crippen molar-refractivity contribution in [3.8, 4) is 0 Å². The molecule has 3 nitrogen and oxygen atoms in total. The van der Waals surface area contributed by atoms with E-state index in [-0.39, 0.29) is 11.7 Å². The molecular weight excluding hydrogens is 226 g/mol. The zero-order valence-electron chi connectivity index (χ0n) is 11.4. The van der Waals surface area contributed by atoms with Gasteiger partial charge in [-0.25, -0.2) is 0 Å². The zero-order valence-corrected chi connectivity index (χ0v) is 11.4. The van der Waals surface area contributed by atoms with E-state index >= 15 is 0 Å². The minimum absolute atomic E-state index is 0.0277. The fraction of sp³-hybridized carbons (Fsp3) is 0.600. The number of allylic oxidation sites excluding steroid dienone is 2. The van der Waals surface area contributed by atoms with Gasteiger partial charge in [0.2, 0.25) is 0 Å². The molecule has 1 fully saturated rings. The first kappa shape index (κ1) is 14.7. The Hall–Kier alpha value is -1.38. The number of carbonyl (C=O) groups is 2. The number of carbonyl (C=O) groups excluding carboxylic acids is 2. The molecule has 1 aliphatic rings. The topological polar surface area (TPSA) is 46.2 Å². The van der Waals surface area contributed by atoms with Crippen LogP contribution in [0.3, 0.4) is 0 Å². The molecule has 100 valence electrons. The van der Waals surface area contributed by atoms with Crippen molar-refractivity contribution in [3.63, 3.8) is 0 Å². The summed E-state index contributed by atoms with van der Waals surface area (Å²) in [5.41, 5.74) is 0.777. The summed E-state index contributed by atoms with van der Waals surface area (Å²) in [4.78, 5) is 22.0. The average molecular weight is 249 g/mol. The van der Waals surface area contributed by atoms with E-state index in [1.165, 1.54) is 13.0 Å². The van der Waals surface area contributed by atoms with Gasteiger partial charge in [-0.2, -0.15) is 0 Å². The standard InChI is InChI=1S/C15H23NO2/c1-11(4-5-12(2)17)16-10-14-6-8-15(9-7-14)13(3)18/h4-5,14-16H,1,6-10H2,2-3H3/b5-4-. The van der Waals surface area contributed by atoms with Gasteiger partial charge in [0.1, 0.15) is 5.78 Å². The smallest absolute Gasteiger partial charge is 0.152 e. The molecule has 0 amide bonds. The number of Topliss-reactive ketones (excluding diaryl/α,β-unsaturated/α-hetero) is 1. The Bertz CT molecular complexity index is 350. The van der Waals surface area contributed by atoms with E-state index in [1.54, 1.807) is 13.0 Å². The van der Waals surface area contributed by atoms with Crippen molar-refractivity contribution < 1.29 is 9.59 Å². The highest BCUT2D eigenvalue weighted by molar-refractivity contribution is 5.87. The second-order valence-electron chi connectivity index (χ2n) is 5.18. The van der Waals surface area contributed by atoms with Gasteiger partial charge in [0.25, 0.3) is 0 Å². The molecule has 0 heterocycles. The maximum Gasteiger partial charge on any atom is 0.152 e. The number of hydrogen-bond donors (Lipinski definition) is 1. The molecule has 1 saturated carbocycles. The Labute approximate surface area is 109 Å². The van der Waals surface area contributed by atoms with Gasteiger partial charge in [-0.3, -0.25) is 9.59 Å². The van der Waals surface area contributed by atoms with Crippen LogP contribution in [0.25, 0.3) is 0 Å². The minimum atomic E-state index is 0.0277. The summed E-state index contributed by atoms with van der Waals surface area (Å²) in [6.45, 7) is 7.94. The molecule has 0 aromatic carbocycles. The van der Waals surface area contributed by atoms with Crippen LogP contribution in [0.4, 0.5) is 0 Å². The van der Waals surface area contributed by atoms with E-state index in [2.05, 4.69) is 11.9 Å². The second kappa shape index (κ2) is 7.14. The minimum Gasteiger partial charge on any atom is -0.385 e. The second-order valence-corrected chi connectivity index (χ2v) is 5.18. The lowest BCUT2D eigenvalue weighted by molar-refractivity contribution is -0.121. The van der Waals surface area contributed by atoms with E-state index in [9.17, 15) is 9.59 Å². The van der Waals surface area contributed by atoms with Crippen LogP contribution < -0.4 is 5.32 Å². The first-order valence-corrected chi connectivity index (χ1v) is 6.61. The molecule has 0 bridgehead atoms.